The highest BCUT2D eigenvalue weighted by molar-refractivity contribution is 9.11. The summed E-state index contributed by atoms with van der Waals surface area (Å²) in [5.74, 6) is 1.11. The minimum Gasteiger partial charge on any atom is -0.0587 e. The fraction of sp³-hybridized carbons (Fsp3) is 0.500. The Hall–Kier alpha value is 0.180. The largest absolute Gasteiger partial charge is 0.0587 e. The van der Waals surface area contributed by atoms with Crippen LogP contribution in [0.5, 0.6) is 0 Å². The summed E-state index contributed by atoms with van der Waals surface area (Å²) in [6.07, 6.45) is 0. The monoisotopic (exact) mass is 318 g/mol. The summed E-state index contributed by atoms with van der Waals surface area (Å²) in [6.45, 7) is 8.84. The van der Waals surface area contributed by atoms with E-state index in [4.69, 9.17) is 0 Å². The highest BCUT2D eigenvalue weighted by atomic mass is 79.9. The number of benzene rings is 1. The van der Waals surface area contributed by atoms with Gasteiger partial charge in [0.1, 0.15) is 0 Å². The number of rotatable bonds is 2. The molecule has 0 fully saturated rings. The summed E-state index contributed by atoms with van der Waals surface area (Å²) < 4.78 is 2.43. The van der Waals surface area contributed by atoms with E-state index in [1.165, 1.54) is 20.1 Å². The molecule has 0 aliphatic carbocycles. The molecule has 1 aromatic rings. The third-order valence-electron chi connectivity index (χ3n) is 2.35. The van der Waals surface area contributed by atoms with Gasteiger partial charge in [-0.05, 0) is 35.1 Å². The zero-order valence-electron chi connectivity index (χ0n) is 9.07. The van der Waals surface area contributed by atoms with Gasteiger partial charge in [0.2, 0.25) is 0 Å². The smallest absolute Gasteiger partial charge is 0.0224 e. The van der Waals surface area contributed by atoms with Crippen molar-refractivity contribution in [1.29, 1.82) is 0 Å². The Kier molecular flexibility index (Phi) is 4.20. The maximum Gasteiger partial charge on any atom is 0.0224 e. The van der Waals surface area contributed by atoms with Crippen LogP contribution in [0.1, 0.15) is 50.7 Å². The van der Waals surface area contributed by atoms with Crippen molar-refractivity contribution < 1.29 is 0 Å². The minimum atomic E-state index is 0.542. The third kappa shape index (κ3) is 2.60. The molecule has 0 amide bonds. The molecule has 0 heterocycles. The molecule has 0 aliphatic rings. The molecule has 0 unspecified atom stereocenters. The SMILES string of the molecule is CC(C)c1cc(Br)c(C(C)C)c(Br)c1. The molecule has 78 valence electrons. The van der Waals surface area contributed by atoms with E-state index >= 15 is 0 Å². The first-order valence-electron chi connectivity index (χ1n) is 4.92. The topological polar surface area (TPSA) is 0 Å². The van der Waals surface area contributed by atoms with Crippen LogP contribution in [0.15, 0.2) is 21.1 Å². The molecule has 0 saturated carbocycles. The molecule has 0 bridgehead atoms. The Morgan fingerprint density at radius 3 is 1.57 bits per heavy atom. The predicted molar refractivity (Wildman–Crippen MR) is 70.0 cm³/mol. The van der Waals surface area contributed by atoms with Crippen molar-refractivity contribution in [3.05, 3.63) is 32.2 Å². The van der Waals surface area contributed by atoms with E-state index < -0.39 is 0 Å². The second-order valence-electron chi connectivity index (χ2n) is 4.21. The molecule has 0 aromatic heterocycles. The van der Waals surface area contributed by atoms with Crippen molar-refractivity contribution in [3.8, 4) is 0 Å². The van der Waals surface area contributed by atoms with Crippen molar-refractivity contribution in [2.45, 2.75) is 39.5 Å². The van der Waals surface area contributed by atoms with Gasteiger partial charge in [0.25, 0.3) is 0 Å². The molecule has 14 heavy (non-hydrogen) atoms. The lowest BCUT2D eigenvalue weighted by atomic mass is 9.97. The molecule has 0 spiro atoms. The fourth-order valence-corrected chi connectivity index (χ4v) is 3.63. The van der Waals surface area contributed by atoms with E-state index in [-0.39, 0.29) is 0 Å². The summed E-state index contributed by atoms with van der Waals surface area (Å²) in [5, 5.41) is 0. The van der Waals surface area contributed by atoms with Crippen LogP contribution in [0, 0.1) is 0 Å². The molecular formula is C12H16Br2. The first-order chi connectivity index (χ1) is 6.43. The van der Waals surface area contributed by atoms with E-state index in [1.807, 2.05) is 0 Å². The van der Waals surface area contributed by atoms with E-state index in [0.717, 1.165) is 0 Å². The van der Waals surface area contributed by atoms with E-state index in [0.29, 0.717) is 11.8 Å². The average molecular weight is 320 g/mol. The Balaban J connectivity index is 3.25. The van der Waals surface area contributed by atoms with E-state index in [2.05, 4.69) is 71.7 Å². The first kappa shape index (κ1) is 12.3. The Labute approximate surface area is 103 Å². The molecule has 1 aromatic carbocycles. The molecule has 0 aliphatic heterocycles. The number of hydrogen-bond acceptors (Lipinski definition) is 0. The summed E-state index contributed by atoms with van der Waals surface area (Å²) in [6, 6.07) is 4.45. The molecule has 0 atom stereocenters. The molecule has 0 nitrogen and oxygen atoms in total. The van der Waals surface area contributed by atoms with Crippen LogP contribution in [-0.4, -0.2) is 0 Å². The lowest BCUT2D eigenvalue weighted by Crippen LogP contribution is -1.95. The Morgan fingerprint density at radius 1 is 0.857 bits per heavy atom. The highest BCUT2D eigenvalue weighted by Crippen LogP contribution is 2.34. The zero-order chi connectivity index (χ0) is 10.9. The molecule has 0 saturated heterocycles. The quantitative estimate of drug-likeness (QED) is 0.679. The van der Waals surface area contributed by atoms with Gasteiger partial charge in [-0.2, -0.15) is 0 Å². The van der Waals surface area contributed by atoms with Crippen LogP contribution < -0.4 is 0 Å². The van der Waals surface area contributed by atoms with Gasteiger partial charge in [-0.25, -0.2) is 0 Å². The predicted octanol–water partition coefficient (Wildman–Crippen LogP) is 5.46. The van der Waals surface area contributed by atoms with Crippen molar-refractivity contribution >= 4 is 31.9 Å². The van der Waals surface area contributed by atoms with Gasteiger partial charge in [-0.15, -0.1) is 0 Å². The summed E-state index contributed by atoms with van der Waals surface area (Å²) in [7, 11) is 0. The summed E-state index contributed by atoms with van der Waals surface area (Å²) >= 11 is 7.27. The molecule has 1 rings (SSSR count). The van der Waals surface area contributed by atoms with Crippen LogP contribution in [-0.2, 0) is 0 Å². The van der Waals surface area contributed by atoms with Crippen molar-refractivity contribution in [2.24, 2.45) is 0 Å². The van der Waals surface area contributed by atoms with Crippen LogP contribution >= 0.6 is 31.9 Å². The van der Waals surface area contributed by atoms with Gasteiger partial charge in [0.15, 0.2) is 0 Å². The fourth-order valence-electron chi connectivity index (χ4n) is 1.49. The van der Waals surface area contributed by atoms with Crippen molar-refractivity contribution in [1.82, 2.24) is 0 Å². The van der Waals surface area contributed by atoms with Gasteiger partial charge >= 0.3 is 0 Å². The van der Waals surface area contributed by atoms with Crippen LogP contribution in [0.2, 0.25) is 0 Å². The normalized spacial score (nSPS) is 11.4. The molecule has 0 N–H and O–H groups in total. The second kappa shape index (κ2) is 4.80. The number of halogens is 2. The lowest BCUT2D eigenvalue weighted by molar-refractivity contribution is 0.834. The summed E-state index contributed by atoms with van der Waals surface area (Å²) in [4.78, 5) is 0. The average Bonchev–Trinajstić information content (AvgIpc) is 2.01. The molecular weight excluding hydrogens is 304 g/mol. The Morgan fingerprint density at radius 2 is 1.29 bits per heavy atom. The molecule has 2 heteroatoms. The second-order valence-corrected chi connectivity index (χ2v) is 5.92. The van der Waals surface area contributed by atoms with Crippen LogP contribution in [0.3, 0.4) is 0 Å². The lowest BCUT2D eigenvalue weighted by Gasteiger charge is -2.15. The zero-order valence-corrected chi connectivity index (χ0v) is 12.2. The third-order valence-corrected chi connectivity index (χ3v) is 3.66. The standard InChI is InChI=1S/C12H16Br2/c1-7(2)9-5-10(13)12(8(3)4)11(14)6-9/h5-8H,1-4H3. The van der Waals surface area contributed by atoms with Gasteiger partial charge < -0.3 is 0 Å². The van der Waals surface area contributed by atoms with E-state index in [9.17, 15) is 0 Å². The number of hydrogen-bond donors (Lipinski definition) is 0. The maximum atomic E-state index is 3.64. The Bertz CT molecular complexity index is 304. The van der Waals surface area contributed by atoms with Gasteiger partial charge in [0.05, 0.1) is 0 Å². The first-order valence-corrected chi connectivity index (χ1v) is 6.51. The maximum absolute atomic E-state index is 3.64. The van der Waals surface area contributed by atoms with Gasteiger partial charge in [-0.1, -0.05) is 59.6 Å². The van der Waals surface area contributed by atoms with Gasteiger partial charge in [0, 0.05) is 8.95 Å². The van der Waals surface area contributed by atoms with Crippen molar-refractivity contribution in [3.63, 3.8) is 0 Å². The van der Waals surface area contributed by atoms with Crippen LogP contribution in [0.25, 0.3) is 0 Å². The van der Waals surface area contributed by atoms with Gasteiger partial charge in [-0.3, -0.25) is 0 Å². The van der Waals surface area contributed by atoms with Crippen LogP contribution in [0.4, 0.5) is 0 Å². The minimum absolute atomic E-state index is 0.542. The summed E-state index contributed by atoms with van der Waals surface area (Å²) in [5.41, 5.74) is 2.72. The highest BCUT2D eigenvalue weighted by Gasteiger charge is 2.11. The van der Waals surface area contributed by atoms with E-state index in [1.54, 1.807) is 0 Å². The molecule has 0 radical (unpaired) electrons. The van der Waals surface area contributed by atoms with Crippen molar-refractivity contribution in [2.75, 3.05) is 0 Å².